The first-order valence-electron chi connectivity index (χ1n) is 4.83. The van der Waals surface area contributed by atoms with Crippen LogP contribution in [-0.4, -0.2) is 8.74 Å². The molecule has 1 aromatic carbocycles. The first-order valence-corrected chi connectivity index (χ1v) is 6.79. The van der Waals surface area contributed by atoms with Crippen molar-refractivity contribution in [3.05, 3.63) is 29.8 Å². The smallest absolute Gasteiger partial charge is 0.265 e. The minimum atomic E-state index is -4.69. The maximum atomic E-state index is 13.5. The Kier molecular flexibility index (Phi) is 3.72. The van der Waals surface area contributed by atoms with E-state index in [0.717, 1.165) is 18.2 Å². The zero-order chi connectivity index (χ0) is 12.4. The highest BCUT2D eigenvalue weighted by molar-refractivity contribution is 6.79. The molecular formula is C10H11F5Si. The number of hydrogen-bond donors (Lipinski definition) is 0. The quantitative estimate of drug-likeness (QED) is 0.438. The Morgan fingerprint density at radius 2 is 1.81 bits per heavy atom. The highest BCUT2D eigenvalue weighted by Gasteiger charge is 2.39. The van der Waals surface area contributed by atoms with Crippen LogP contribution in [0.4, 0.5) is 21.4 Å². The summed E-state index contributed by atoms with van der Waals surface area (Å²) in [6.45, 7) is 1.59. The Hall–Kier alpha value is -0.913. The number of alkyl halides is 3. The molecule has 0 N–H and O–H groups in total. The Labute approximate surface area is 91.4 Å². The third kappa shape index (κ3) is 3.04. The first kappa shape index (κ1) is 13.2. The molecule has 0 nitrogen and oxygen atoms in total. The van der Waals surface area contributed by atoms with Gasteiger partial charge >= 0.3 is 14.9 Å². The van der Waals surface area contributed by atoms with Crippen molar-refractivity contribution in [1.82, 2.24) is 0 Å². The van der Waals surface area contributed by atoms with Gasteiger partial charge in [-0.25, -0.2) is 0 Å². The Morgan fingerprint density at radius 1 is 1.19 bits per heavy atom. The van der Waals surface area contributed by atoms with Gasteiger partial charge in [-0.1, -0.05) is 31.5 Å². The van der Waals surface area contributed by atoms with E-state index in [-0.39, 0.29) is 12.5 Å². The summed E-state index contributed by atoms with van der Waals surface area (Å²) >= 11 is 0. The summed E-state index contributed by atoms with van der Waals surface area (Å²) in [7, 11) is -4.69. The van der Waals surface area contributed by atoms with Gasteiger partial charge in [0.25, 0.3) is 0 Å². The van der Waals surface area contributed by atoms with Gasteiger partial charge in [-0.3, -0.25) is 8.22 Å². The van der Waals surface area contributed by atoms with Crippen LogP contribution in [0.1, 0.15) is 18.9 Å². The standard InChI is InChI=1S/C10H11F5Si/c1-2-6-16(14,15)9-5-3-4-8(7-9)10(11,12)13/h3-5,7H,2,6H2,1H3. The van der Waals surface area contributed by atoms with Gasteiger partial charge in [-0.05, 0) is 6.07 Å². The van der Waals surface area contributed by atoms with Crippen molar-refractivity contribution in [1.29, 1.82) is 0 Å². The second-order valence-corrected chi connectivity index (χ2v) is 6.02. The van der Waals surface area contributed by atoms with Gasteiger partial charge < -0.3 is 0 Å². The van der Waals surface area contributed by atoms with Crippen LogP contribution in [0.3, 0.4) is 0 Å². The molecule has 0 saturated carbocycles. The number of rotatable bonds is 3. The topological polar surface area (TPSA) is 0 Å². The SMILES string of the molecule is CCC[Si](F)(F)c1cccc(C(F)(F)F)c1. The number of hydrogen-bond acceptors (Lipinski definition) is 0. The molecule has 0 bridgehead atoms. The molecule has 0 aliphatic rings. The van der Waals surface area contributed by atoms with Gasteiger partial charge in [-0.2, -0.15) is 13.2 Å². The van der Waals surface area contributed by atoms with Gasteiger partial charge in [0.2, 0.25) is 0 Å². The zero-order valence-corrected chi connectivity index (χ0v) is 9.61. The van der Waals surface area contributed by atoms with Crippen LogP contribution >= 0.6 is 0 Å². The van der Waals surface area contributed by atoms with Gasteiger partial charge in [0.15, 0.2) is 0 Å². The fourth-order valence-electron chi connectivity index (χ4n) is 1.38. The molecule has 0 aliphatic carbocycles. The van der Waals surface area contributed by atoms with E-state index >= 15 is 0 Å². The number of benzene rings is 1. The van der Waals surface area contributed by atoms with Crippen LogP contribution in [-0.2, 0) is 6.18 Å². The van der Waals surface area contributed by atoms with Crippen LogP contribution in [0.2, 0.25) is 6.04 Å². The summed E-state index contributed by atoms with van der Waals surface area (Å²) < 4.78 is 63.9. The molecule has 0 saturated heterocycles. The Bertz CT molecular complexity index is 358. The molecule has 16 heavy (non-hydrogen) atoms. The molecule has 0 heterocycles. The molecule has 0 unspecified atom stereocenters. The molecular weight excluding hydrogens is 243 g/mol. The van der Waals surface area contributed by atoms with E-state index in [0.29, 0.717) is 6.07 Å². The Balaban J connectivity index is 3.08. The highest BCUT2D eigenvalue weighted by atomic mass is 28.4. The maximum Gasteiger partial charge on any atom is 0.455 e. The normalized spacial score (nSPS) is 12.9. The van der Waals surface area contributed by atoms with E-state index < -0.39 is 25.7 Å². The molecule has 6 heteroatoms. The molecule has 90 valence electrons. The van der Waals surface area contributed by atoms with Crippen molar-refractivity contribution in [2.75, 3.05) is 0 Å². The molecule has 0 aliphatic heterocycles. The second-order valence-electron chi connectivity index (χ2n) is 3.53. The summed E-state index contributed by atoms with van der Waals surface area (Å²) in [6.07, 6.45) is -4.29. The van der Waals surface area contributed by atoms with E-state index in [2.05, 4.69) is 0 Å². The predicted octanol–water partition coefficient (Wildman–Crippen LogP) is 3.70. The van der Waals surface area contributed by atoms with Crippen molar-refractivity contribution in [3.8, 4) is 0 Å². The van der Waals surface area contributed by atoms with E-state index in [1.807, 2.05) is 0 Å². The summed E-state index contributed by atoms with van der Waals surface area (Å²) in [6, 6.07) is 3.18. The van der Waals surface area contributed by atoms with Gasteiger partial charge in [0.05, 0.1) is 5.56 Å². The fourth-order valence-corrected chi connectivity index (χ4v) is 3.00. The third-order valence-electron chi connectivity index (χ3n) is 2.18. The molecule has 0 spiro atoms. The maximum absolute atomic E-state index is 13.5. The monoisotopic (exact) mass is 254 g/mol. The van der Waals surface area contributed by atoms with Crippen molar-refractivity contribution in [2.45, 2.75) is 25.6 Å². The lowest BCUT2D eigenvalue weighted by Crippen LogP contribution is -2.39. The van der Waals surface area contributed by atoms with Crippen molar-refractivity contribution >= 4 is 13.9 Å². The van der Waals surface area contributed by atoms with Gasteiger partial charge in [0.1, 0.15) is 0 Å². The second kappa shape index (κ2) is 4.53. The van der Waals surface area contributed by atoms with E-state index in [4.69, 9.17) is 0 Å². The highest BCUT2D eigenvalue weighted by Crippen LogP contribution is 2.29. The zero-order valence-electron chi connectivity index (χ0n) is 8.61. The van der Waals surface area contributed by atoms with Crippen LogP contribution < -0.4 is 5.19 Å². The molecule has 0 aromatic heterocycles. The lowest BCUT2D eigenvalue weighted by atomic mass is 10.2. The molecule has 1 aromatic rings. The largest absolute Gasteiger partial charge is 0.455 e. The van der Waals surface area contributed by atoms with Crippen LogP contribution in [0.25, 0.3) is 0 Å². The molecule has 1 rings (SSSR count). The molecule has 0 amide bonds. The first-order chi connectivity index (χ1) is 7.27. The minimum absolute atomic E-state index is 0.273. The van der Waals surface area contributed by atoms with Crippen molar-refractivity contribution in [3.63, 3.8) is 0 Å². The summed E-state index contributed by atoms with van der Waals surface area (Å²) in [5.74, 6) is 0. The predicted molar refractivity (Wildman–Crippen MR) is 54.1 cm³/mol. The lowest BCUT2D eigenvalue weighted by Gasteiger charge is -2.14. The van der Waals surface area contributed by atoms with E-state index in [1.165, 1.54) is 0 Å². The summed E-state index contributed by atoms with van der Waals surface area (Å²) in [5.41, 5.74) is -1.01. The van der Waals surface area contributed by atoms with Gasteiger partial charge in [0, 0.05) is 11.2 Å². The molecule has 0 fully saturated rings. The Morgan fingerprint density at radius 3 is 2.31 bits per heavy atom. The average molecular weight is 254 g/mol. The molecule has 0 atom stereocenters. The van der Waals surface area contributed by atoms with Crippen molar-refractivity contribution < 1.29 is 21.4 Å². The summed E-state index contributed by atoms with van der Waals surface area (Å²) in [4.78, 5) is 0. The van der Waals surface area contributed by atoms with Crippen molar-refractivity contribution in [2.24, 2.45) is 0 Å². The van der Waals surface area contributed by atoms with Crippen LogP contribution in [0, 0.1) is 0 Å². The van der Waals surface area contributed by atoms with E-state index in [1.54, 1.807) is 6.92 Å². The van der Waals surface area contributed by atoms with Crippen LogP contribution in [0.5, 0.6) is 0 Å². The van der Waals surface area contributed by atoms with E-state index in [9.17, 15) is 21.4 Å². The van der Waals surface area contributed by atoms with Crippen LogP contribution in [0.15, 0.2) is 24.3 Å². The number of halogens is 5. The fraction of sp³-hybridized carbons (Fsp3) is 0.400. The third-order valence-corrected chi connectivity index (χ3v) is 4.46. The lowest BCUT2D eigenvalue weighted by molar-refractivity contribution is -0.137. The molecule has 0 radical (unpaired) electrons. The minimum Gasteiger partial charge on any atom is -0.265 e. The summed E-state index contributed by atoms with van der Waals surface area (Å²) in [5, 5.41) is -0.441. The van der Waals surface area contributed by atoms with Gasteiger partial charge in [-0.15, -0.1) is 0 Å². The average Bonchev–Trinajstić information content (AvgIpc) is 2.16.